The maximum Gasteiger partial charge on any atom is 0.200 e. The molecule has 2 heterocycles. The number of rotatable bonds is 3. The number of H-pyrrole nitrogens is 1. The van der Waals surface area contributed by atoms with Gasteiger partial charge in [-0.25, -0.2) is 9.97 Å². The first-order valence-corrected chi connectivity index (χ1v) is 5.27. The standard InChI is InChI=1S/C8H11N5S/c1-2-6-11-8(13-12-6)5-4-14-7(3-9)10-5/h4H,2-3,9H2,1H3,(H,11,12,13). The minimum absolute atomic E-state index is 0.468. The molecule has 2 rings (SSSR count). The number of nitrogens with zero attached hydrogens (tertiary/aromatic N) is 3. The van der Waals surface area contributed by atoms with Crippen molar-refractivity contribution in [3.8, 4) is 11.5 Å². The van der Waals surface area contributed by atoms with Gasteiger partial charge >= 0.3 is 0 Å². The van der Waals surface area contributed by atoms with E-state index in [9.17, 15) is 0 Å². The normalized spacial score (nSPS) is 10.7. The number of aromatic nitrogens is 4. The van der Waals surface area contributed by atoms with Gasteiger partial charge in [0.2, 0.25) is 5.82 Å². The van der Waals surface area contributed by atoms with Gasteiger partial charge in [-0.1, -0.05) is 6.92 Å². The molecule has 0 aromatic carbocycles. The van der Waals surface area contributed by atoms with Gasteiger partial charge in [-0.05, 0) is 0 Å². The van der Waals surface area contributed by atoms with Crippen molar-refractivity contribution in [3.63, 3.8) is 0 Å². The number of nitrogens with two attached hydrogens (primary N) is 1. The lowest BCUT2D eigenvalue weighted by atomic mass is 10.4. The second kappa shape index (κ2) is 3.85. The average molecular weight is 209 g/mol. The summed E-state index contributed by atoms with van der Waals surface area (Å²) in [5.41, 5.74) is 6.27. The summed E-state index contributed by atoms with van der Waals surface area (Å²) in [6.45, 7) is 2.49. The van der Waals surface area contributed by atoms with Gasteiger partial charge in [0, 0.05) is 18.3 Å². The van der Waals surface area contributed by atoms with E-state index in [1.165, 1.54) is 11.3 Å². The smallest absolute Gasteiger partial charge is 0.200 e. The zero-order valence-electron chi connectivity index (χ0n) is 7.82. The third kappa shape index (κ3) is 1.66. The number of nitrogens with one attached hydrogen (secondary N) is 1. The summed E-state index contributed by atoms with van der Waals surface area (Å²) < 4.78 is 0. The highest BCUT2D eigenvalue weighted by Crippen LogP contribution is 2.17. The van der Waals surface area contributed by atoms with E-state index in [-0.39, 0.29) is 0 Å². The first-order chi connectivity index (χ1) is 6.83. The van der Waals surface area contributed by atoms with Crippen LogP contribution in [0.4, 0.5) is 0 Å². The number of hydrogen-bond acceptors (Lipinski definition) is 5. The molecular weight excluding hydrogens is 198 g/mol. The highest BCUT2D eigenvalue weighted by atomic mass is 32.1. The molecule has 0 radical (unpaired) electrons. The highest BCUT2D eigenvalue weighted by molar-refractivity contribution is 7.09. The molecule has 0 fully saturated rings. The molecule has 0 saturated heterocycles. The van der Waals surface area contributed by atoms with Crippen LogP contribution in [0.3, 0.4) is 0 Å². The minimum Gasteiger partial charge on any atom is -0.325 e. The van der Waals surface area contributed by atoms with Gasteiger partial charge < -0.3 is 5.73 Å². The third-order valence-corrected chi connectivity index (χ3v) is 2.69. The van der Waals surface area contributed by atoms with E-state index in [1.807, 2.05) is 12.3 Å². The summed E-state index contributed by atoms with van der Waals surface area (Å²) in [6, 6.07) is 0. The lowest BCUT2D eigenvalue weighted by Crippen LogP contribution is -1.94. The zero-order valence-corrected chi connectivity index (χ0v) is 8.64. The van der Waals surface area contributed by atoms with E-state index in [0.717, 1.165) is 22.9 Å². The summed E-state index contributed by atoms with van der Waals surface area (Å²) in [5, 5.41) is 9.75. The summed E-state index contributed by atoms with van der Waals surface area (Å²) in [7, 11) is 0. The van der Waals surface area contributed by atoms with E-state index in [1.54, 1.807) is 0 Å². The molecule has 0 unspecified atom stereocenters. The zero-order chi connectivity index (χ0) is 9.97. The van der Waals surface area contributed by atoms with Crippen LogP contribution in [0.2, 0.25) is 0 Å². The van der Waals surface area contributed by atoms with Crippen LogP contribution >= 0.6 is 11.3 Å². The quantitative estimate of drug-likeness (QED) is 0.788. The summed E-state index contributed by atoms with van der Waals surface area (Å²) in [4.78, 5) is 8.58. The molecule has 6 heteroatoms. The Morgan fingerprint density at radius 3 is 2.93 bits per heavy atom. The first kappa shape index (κ1) is 9.29. The summed E-state index contributed by atoms with van der Waals surface area (Å²) in [5.74, 6) is 1.53. The Kier molecular flexibility index (Phi) is 2.55. The van der Waals surface area contributed by atoms with Crippen LogP contribution in [-0.2, 0) is 13.0 Å². The Morgan fingerprint density at radius 1 is 1.50 bits per heavy atom. The Balaban J connectivity index is 2.29. The molecule has 0 amide bonds. The molecule has 0 atom stereocenters. The fourth-order valence-corrected chi connectivity index (χ4v) is 1.73. The minimum atomic E-state index is 0.468. The monoisotopic (exact) mass is 209 g/mol. The van der Waals surface area contributed by atoms with E-state index in [0.29, 0.717) is 12.4 Å². The van der Waals surface area contributed by atoms with Crippen LogP contribution < -0.4 is 5.73 Å². The molecule has 3 N–H and O–H groups in total. The van der Waals surface area contributed by atoms with Crippen molar-refractivity contribution in [2.75, 3.05) is 0 Å². The van der Waals surface area contributed by atoms with Crippen LogP contribution in [-0.4, -0.2) is 20.2 Å². The average Bonchev–Trinajstić information content (AvgIpc) is 2.86. The fourth-order valence-electron chi connectivity index (χ4n) is 1.08. The second-order valence-corrected chi connectivity index (χ2v) is 3.73. The third-order valence-electron chi connectivity index (χ3n) is 1.82. The largest absolute Gasteiger partial charge is 0.325 e. The van der Waals surface area contributed by atoms with E-state index >= 15 is 0 Å². The van der Waals surface area contributed by atoms with Gasteiger partial charge in [0.05, 0.1) is 0 Å². The molecule has 14 heavy (non-hydrogen) atoms. The molecule has 0 aliphatic carbocycles. The van der Waals surface area contributed by atoms with Crippen molar-refractivity contribution in [2.24, 2.45) is 5.73 Å². The molecule has 2 aromatic heterocycles. The van der Waals surface area contributed by atoms with E-state index in [4.69, 9.17) is 5.73 Å². The van der Waals surface area contributed by atoms with Crippen LogP contribution in [0.15, 0.2) is 5.38 Å². The van der Waals surface area contributed by atoms with Crippen molar-refractivity contribution in [3.05, 3.63) is 16.2 Å². The Labute approximate surface area is 85.4 Å². The topological polar surface area (TPSA) is 80.5 Å². The van der Waals surface area contributed by atoms with Crippen molar-refractivity contribution < 1.29 is 0 Å². The SMILES string of the molecule is CCc1nc(-c2csc(CN)n2)n[nH]1. The number of aryl methyl sites for hydroxylation is 1. The van der Waals surface area contributed by atoms with Crippen LogP contribution in [0.5, 0.6) is 0 Å². The summed E-state index contributed by atoms with van der Waals surface area (Å²) >= 11 is 1.53. The number of thiazole rings is 1. The predicted molar refractivity (Wildman–Crippen MR) is 54.8 cm³/mol. The predicted octanol–water partition coefficient (Wildman–Crippen LogP) is 0.949. The van der Waals surface area contributed by atoms with Gasteiger partial charge in [0.1, 0.15) is 16.5 Å². The Bertz CT molecular complexity index is 379. The van der Waals surface area contributed by atoms with Crippen LogP contribution in [0.1, 0.15) is 17.8 Å². The molecular formula is C8H11N5S. The molecule has 74 valence electrons. The van der Waals surface area contributed by atoms with Crippen molar-refractivity contribution in [2.45, 2.75) is 19.9 Å². The molecule has 5 nitrogen and oxygen atoms in total. The van der Waals surface area contributed by atoms with Crippen molar-refractivity contribution >= 4 is 11.3 Å². The molecule has 0 spiro atoms. The molecule has 0 aliphatic rings. The summed E-state index contributed by atoms with van der Waals surface area (Å²) in [6.07, 6.45) is 0.848. The number of hydrogen-bond donors (Lipinski definition) is 2. The molecule has 0 saturated carbocycles. The lowest BCUT2D eigenvalue weighted by molar-refractivity contribution is 0.946. The maximum atomic E-state index is 5.47. The van der Waals surface area contributed by atoms with Crippen molar-refractivity contribution in [1.82, 2.24) is 20.2 Å². The van der Waals surface area contributed by atoms with Gasteiger partial charge in [0.25, 0.3) is 0 Å². The van der Waals surface area contributed by atoms with Crippen molar-refractivity contribution in [1.29, 1.82) is 0 Å². The van der Waals surface area contributed by atoms with Gasteiger partial charge in [-0.3, -0.25) is 5.10 Å². The van der Waals surface area contributed by atoms with E-state index in [2.05, 4.69) is 20.2 Å². The molecule has 0 bridgehead atoms. The fraction of sp³-hybridized carbons (Fsp3) is 0.375. The Morgan fingerprint density at radius 2 is 2.36 bits per heavy atom. The van der Waals surface area contributed by atoms with Gasteiger partial charge in [-0.15, -0.1) is 11.3 Å². The van der Waals surface area contributed by atoms with Crippen LogP contribution in [0.25, 0.3) is 11.5 Å². The lowest BCUT2D eigenvalue weighted by Gasteiger charge is -1.85. The first-order valence-electron chi connectivity index (χ1n) is 4.39. The Hall–Kier alpha value is -1.27. The number of aromatic amines is 1. The highest BCUT2D eigenvalue weighted by Gasteiger charge is 2.08. The maximum absolute atomic E-state index is 5.47. The molecule has 0 aliphatic heterocycles. The van der Waals surface area contributed by atoms with Crippen LogP contribution in [0, 0.1) is 0 Å². The molecule has 2 aromatic rings. The van der Waals surface area contributed by atoms with Gasteiger partial charge in [0.15, 0.2) is 0 Å². The van der Waals surface area contributed by atoms with E-state index < -0.39 is 0 Å². The van der Waals surface area contributed by atoms with Gasteiger partial charge in [-0.2, -0.15) is 5.10 Å². The second-order valence-electron chi connectivity index (χ2n) is 2.79.